The monoisotopic (exact) mass is 638 g/mol. The van der Waals surface area contributed by atoms with Gasteiger partial charge in [0.1, 0.15) is 11.6 Å². The average molecular weight is 639 g/mol. The Labute approximate surface area is 280 Å². The standard InChI is InChI=1S/C40H38N4O4/c1-48-32-15-16-33(36(23-32)40(46)47)34-22-29(39(45)43-19-18-26-8-4-2-5-9-26)12-13-30(34)24-44-25-31(20-27-10-6-3-7-11-27)35-21-28(38(41)42)14-17-37(35)44/h2-17,21-23,31H,18-20,24-25H2,1H3,(H3,41,42)(H,43,45)(H,46,47). The Bertz CT molecular complexity index is 1960. The van der Waals surface area contributed by atoms with Crippen molar-refractivity contribution in [2.45, 2.75) is 25.3 Å². The topological polar surface area (TPSA) is 129 Å². The molecular formula is C40H38N4O4. The lowest BCUT2D eigenvalue weighted by molar-refractivity contribution is 0.0697. The number of methoxy groups -OCH3 is 1. The van der Waals surface area contributed by atoms with Gasteiger partial charge in [-0.2, -0.15) is 0 Å². The Morgan fingerprint density at radius 3 is 2.27 bits per heavy atom. The minimum absolute atomic E-state index is 0.0235. The van der Waals surface area contributed by atoms with Crippen molar-refractivity contribution in [1.82, 2.24) is 5.32 Å². The Kier molecular flexibility index (Phi) is 9.52. The zero-order valence-corrected chi connectivity index (χ0v) is 26.8. The summed E-state index contributed by atoms with van der Waals surface area (Å²) in [5.41, 5.74) is 13.7. The van der Waals surface area contributed by atoms with Crippen molar-refractivity contribution in [3.8, 4) is 16.9 Å². The third-order valence-corrected chi connectivity index (χ3v) is 8.91. The molecule has 5 N–H and O–H groups in total. The van der Waals surface area contributed by atoms with Crippen LogP contribution in [0, 0.1) is 5.41 Å². The Hall–Kier alpha value is -5.89. The molecule has 1 heterocycles. The molecule has 1 aliphatic heterocycles. The number of rotatable bonds is 12. The van der Waals surface area contributed by atoms with Gasteiger partial charge in [0.05, 0.1) is 12.7 Å². The number of amides is 1. The van der Waals surface area contributed by atoms with E-state index in [9.17, 15) is 14.7 Å². The van der Waals surface area contributed by atoms with Crippen molar-refractivity contribution in [2.75, 3.05) is 25.1 Å². The normalized spacial score (nSPS) is 13.5. The average Bonchev–Trinajstić information content (AvgIpc) is 3.44. The molecule has 8 nitrogen and oxygen atoms in total. The molecule has 1 unspecified atom stereocenters. The number of fused-ring (bicyclic) bond motifs is 1. The summed E-state index contributed by atoms with van der Waals surface area (Å²) >= 11 is 0. The van der Waals surface area contributed by atoms with Crippen LogP contribution in [0.2, 0.25) is 0 Å². The fourth-order valence-corrected chi connectivity index (χ4v) is 6.46. The van der Waals surface area contributed by atoms with Crippen molar-refractivity contribution in [3.05, 3.63) is 154 Å². The largest absolute Gasteiger partial charge is 0.497 e. The summed E-state index contributed by atoms with van der Waals surface area (Å²) in [4.78, 5) is 28.2. The number of anilines is 1. The fourth-order valence-electron chi connectivity index (χ4n) is 6.46. The number of carboxylic acids is 1. The molecule has 1 aliphatic rings. The number of hydrogen-bond donors (Lipinski definition) is 4. The van der Waals surface area contributed by atoms with Gasteiger partial charge in [-0.25, -0.2) is 4.79 Å². The molecule has 5 aromatic carbocycles. The summed E-state index contributed by atoms with van der Waals surface area (Å²) in [5, 5.41) is 21.3. The number of carbonyl (C=O) groups is 2. The maximum absolute atomic E-state index is 13.4. The lowest BCUT2D eigenvalue weighted by Crippen LogP contribution is -2.26. The van der Waals surface area contributed by atoms with Gasteiger partial charge < -0.3 is 25.8 Å². The molecule has 0 saturated carbocycles. The lowest BCUT2D eigenvalue weighted by atomic mass is 9.92. The molecular weight excluding hydrogens is 600 g/mol. The van der Waals surface area contributed by atoms with Gasteiger partial charge in [0.15, 0.2) is 0 Å². The molecule has 0 fully saturated rings. The Balaban J connectivity index is 1.35. The fraction of sp³-hybridized carbons (Fsp3) is 0.175. The van der Waals surface area contributed by atoms with E-state index in [0.717, 1.165) is 35.3 Å². The van der Waals surface area contributed by atoms with E-state index in [-0.39, 0.29) is 23.2 Å². The summed E-state index contributed by atoms with van der Waals surface area (Å²) in [6.07, 6.45) is 1.52. The van der Waals surface area contributed by atoms with Gasteiger partial charge in [-0.3, -0.25) is 10.2 Å². The van der Waals surface area contributed by atoms with Crippen LogP contribution in [0.4, 0.5) is 5.69 Å². The van der Waals surface area contributed by atoms with E-state index in [1.54, 1.807) is 24.3 Å². The molecule has 1 atom stereocenters. The van der Waals surface area contributed by atoms with E-state index in [4.69, 9.17) is 15.9 Å². The maximum Gasteiger partial charge on any atom is 0.336 e. The quantitative estimate of drug-likeness (QED) is 0.0894. The molecule has 0 radical (unpaired) electrons. The third kappa shape index (κ3) is 7.08. The zero-order chi connectivity index (χ0) is 33.6. The van der Waals surface area contributed by atoms with E-state index in [1.807, 2.05) is 72.8 Å². The molecule has 0 bridgehead atoms. The summed E-state index contributed by atoms with van der Waals surface area (Å²) in [6.45, 7) is 1.67. The molecule has 5 aromatic rings. The van der Waals surface area contributed by atoms with Gasteiger partial charge in [-0.15, -0.1) is 0 Å². The van der Waals surface area contributed by atoms with Crippen molar-refractivity contribution >= 4 is 23.4 Å². The predicted molar refractivity (Wildman–Crippen MR) is 189 cm³/mol. The molecule has 8 heteroatoms. The molecule has 48 heavy (non-hydrogen) atoms. The van der Waals surface area contributed by atoms with Crippen LogP contribution in [0.3, 0.4) is 0 Å². The van der Waals surface area contributed by atoms with Gasteiger partial charge in [0, 0.05) is 42.4 Å². The highest BCUT2D eigenvalue weighted by Crippen LogP contribution is 2.41. The van der Waals surface area contributed by atoms with E-state index in [0.29, 0.717) is 47.5 Å². The third-order valence-electron chi connectivity index (χ3n) is 8.91. The smallest absolute Gasteiger partial charge is 0.336 e. The highest BCUT2D eigenvalue weighted by atomic mass is 16.5. The van der Waals surface area contributed by atoms with Crippen LogP contribution in [0.15, 0.2) is 115 Å². The molecule has 0 saturated heterocycles. The number of nitrogens with zero attached hydrogens (tertiary/aromatic N) is 1. The molecule has 0 aromatic heterocycles. The van der Waals surface area contributed by atoms with Gasteiger partial charge in [0.2, 0.25) is 0 Å². The highest BCUT2D eigenvalue weighted by Gasteiger charge is 2.30. The number of nitrogens with two attached hydrogens (primary N) is 1. The molecule has 0 spiro atoms. The Morgan fingerprint density at radius 2 is 1.58 bits per heavy atom. The second-order valence-electron chi connectivity index (χ2n) is 12.0. The second-order valence-corrected chi connectivity index (χ2v) is 12.0. The SMILES string of the molecule is COc1ccc(-c2cc(C(=O)NCCc3ccccc3)ccc2CN2CC(Cc3ccccc3)c3cc(C(=N)N)ccc32)c(C(=O)O)c1. The van der Waals surface area contributed by atoms with Gasteiger partial charge in [0.25, 0.3) is 5.91 Å². The number of carboxylic acid groups (broad SMARTS) is 1. The van der Waals surface area contributed by atoms with E-state index in [1.165, 1.54) is 18.7 Å². The van der Waals surface area contributed by atoms with Crippen LogP contribution in [-0.4, -0.2) is 43.0 Å². The number of carbonyl (C=O) groups excluding carboxylic acids is 1. The first-order chi connectivity index (χ1) is 23.3. The molecule has 242 valence electrons. The van der Waals surface area contributed by atoms with Crippen LogP contribution in [-0.2, 0) is 19.4 Å². The lowest BCUT2D eigenvalue weighted by Gasteiger charge is -2.23. The predicted octanol–water partition coefficient (Wildman–Crippen LogP) is 6.66. The number of benzene rings is 5. The van der Waals surface area contributed by atoms with Gasteiger partial charge in [-0.05, 0) is 94.8 Å². The summed E-state index contributed by atoms with van der Waals surface area (Å²) in [6, 6.07) is 36.7. The number of amidine groups is 1. The number of hydrogen-bond acceptors (Lipinski definition) is 5. The van der Waals surface area contributed by atoms with Crippen molar-refractivity contribution in [1.29, 1.82) is 5.41 Å². The number of nitrogen functional groups attached to an aromatic ring is 1. The summed E-state index contributed by atoms with van der Waals surface area (Å²) in [7, 11) is 1.50. The number of aromatic carboxylic acids is 1. The van der Waals surface area contributed by atoms with E-state index < -0.39 is 5.97 Å². The van der Waals surface area contributed by atoms with Gasteiger partial charge in [-0.1, -0.05) is 66.7 Å². The Morgan fingerprint density at radius 1 is 0.875 bits per heavy atom. The first-order valence-corrected chi connectivity index (χ1v) is 15.9. The summed E-state index contributed by atoms with van der Waals surface area (Å²) < 4.78 is 5.34. The van der Waals surface area contributed by atoms with Crippen LogP contribution in [0.1, 0.15) is 54.5 Å². The molecule has 1 amide bonds. The second kappa shape index (κ2) is 14.3. The van der Waals surface area contributed by atoms with Crippen molar-refractivity contribution in [3.63, 3.8) is 0 Å². The zero-order valence-electron chi connectivity index (χ0n) is 26.8. The van der Waals surface area contributed by atoms with Crippen LogP contribution < -0.4 is 20.7 Å². The van der Waals surface area contributed by atoms with Gasteiger partial charge >= 0.3 is 5.97 Å². The van der Waals surface area contributed by atoms with Crippen LogP contribution in [0.5, 0.6) is 5.75 Å². The molecule has 6 rings (SSSR count). The van der Waals surface area contributed by atoms with E-state index >= 15 is 0 Å². The first-order valence-electron chi connectivity index (χ1n) is 15.9. The van der Waals surface area contributed by atoms with Crippen LogP contribution >= 0.6 is 0 Å². The minimum Gasteiger partial charge on any atom is -0.497 e. The maximum atomic E-state index is 13.4. The summed E-state index contributed by atoms with van der Waals surface area (Å²) in [5.74, 6) is -0.689. The minimum atomic E-state index is -1.08. The first kappa shape index (κ1) is 32.1. The van der Waals surface area contributed by atoms with Crippen molar-refractivity contribution < 1.29 is 19.4 Å². The molecule has 0 aliphatic carbocycles. The van der Waals surface area contributed by atoms with E-state index in [2.05, 4.69) is 22.3 Å². The van der Waals surface area contributed by atoms with Crippen LogP contribution in [0.25, 0.3) is 11.1 Å². The number of nitrogens with one attached hydrogen (secondary N) is 2. The number of ether oxygens (including phenoxy) is 1. The van der Waals surface area contributed by atoms with Crippen molar-refractivity contribution in [2.24, 2.45) is 5.73 Å². The highest BCUT2D eigenvalue weighted by molar-refractivity contribution is 6.00.